The van der Waals surface area contributed by atoms with E-state index in [9.17, 15) is 19.2 Å². The molecular weight excluding hydrogens is 676 g/mol. The number of ether oxygens (including phenoxy) is 1. The zero-order valence-electron chi connectivity index (χ0n) is 24.9. The molecule has 9 nitrogen and oxygen atoms in total. The number of aromatic nitrogens is 1. The number of carbonyl (C=O) groups is 3. The van der Waals surface area contributed by atoms with Gasteiger partial charge in [-0.15, -0.1) is 0 Å². The number of thioether (sulfide) groups is 1. The Hall–Kier alpha value is -3.87. The lowest BCUT2D eigenvalue weighted by molar-refractivity contribution is -0.122. The summed E-state index contributed by atoms with van der Waals surface area (Å²) >= 11 is 5.66. The summed E-state index contributed by atoms with van der Waals surface area (Å²) in [7, 11) is 1.56. The van der Waals surface area contributed by atoms with Crippen molar-refractivity contribution in [3.63, 3.8) is 0 Å². The largest absolute Gasteiger partial charge is 0.497 e. The smallest absolute Gasteiger partial charge is 0.308 e. The first kappa shape index (κ1) is 31.1. The van der Waals surface area contributed by atoms with E-state index in [1.54, 1.807) is 55.6 Å². The summed E-state index contributed by atoms with van der Waals surface area (Å²) in [6.07, 6.45) is 0. The quantitative estimate of drug-likeness (QED) is 0.214. The van der Waals surface area contributed by atoms with Gasteiger partial charge in [-0.25, -0.2) is 4.90 Å². The molecule has 2 aliphatic rings. The third kappa shape index (κ3) is 5.82. The molecular formula is C33H31BrN4O5S2. The second-order valence-electron chi connectivity index (χ2n) is 10.7. The fourth-order valence-corrected chi connectivity index (χ4v) is 9.00. The number of nitrogens with one attached hydrogen (secondary N) is 1. The number of rotatable bonds is 9. The predicted molar refractivity (Wildman–Crippen MR) is 182 cm³/mol. The van der Waals surface area contributed by atoms with Crippen LogP contribution >= 0.6 is 39.0 Å². The molecule has 3 amide bonds. The van der Waals surface area contributed by atoms with Crippen LogP contribution in [0.3, 0.4) is 0 Å². The van der Waals surface area contributed by atoms with Gasteiger partial charge in [-0.2, -0.15) is 0 Å². The van der Waals surface area contributed by atoms with Crippen molar-refractivity contribution in [2.45, 2.75) is 36.6 Å². The van der Waals surface area contributed by atoms with Crippen molar-refractivity contribution in [3.8, 4) is 5.75 Å². The van der Waals surface area contributed by atoms with E-state index in [2.05, 4.69) is 40.0 Å². The van der Waals surface area contributed by atoms with Crippen LogP contribution in [0.4, 0.5) is 17.1 Å². The maximum atomic E-state index is 14.1. The van der Waals surface area contributed by atoms with Crippen molar-refractivity contribution in [2.24, 2.45) is 5.92 Å². The molecule has 0 aliphatic carbocycles. The highest BCUT2D eigenvalue weighted by atomic mass is 79.9. The van der Waals surface area contributed by atoms with Crippen LogP contribution in [0.5, 0.6) is 5.75 Å². The second-order valence-corrected chi connectivity index (χ2v) is 13.7. The number of imide groups is 1. The second kappa shape index (κ2) is 12.9. The summed E-state index contributed by atoms with van der Waals surface area (Å²) in [5, 5.41) is 2.63. The van der Waals surface area contributed by atoms with Crippen molar-refractivity contribution >= 4 is 73.8 Å². The van der Waals surface area contributed by atoms with Crippen LogP contribution in [-0.4, -0.2) is 47.7 Å². The first-order valence-electron chi connectivity index (χ1n) is 14.6. The topological polar surface area (TPSA) is 101 Å². The minimum atomic E-state index is -0.758. The summed E-state index contributed by atoms with van der Waals surface area (Å²) in [6.45, 7) is 5.66. The van der Waals surface area contributed by atoms with Gasteiger partial charge >= 0.3 is 4.87 Å². The molecule has 1 N–H and O–H groups in total. The Morgan fingerprint density at radius 1 is 0.933 bits per heavy atom. The van der Waals surface area contributed by atoms with Gasteiger partial charge in [0.05, 0.1) is 23.7 Å². The standard InChI is InChI=1S/C33H31BrN4O5S2/c1-4-36(5-2)22-12-6-19(7-13-22)26-27-28(31(41)38(30(27)40)23-14-8-20(34)9-15-23)44-32-29(26)45-33(42)37(32)18-25(39)35-21-10-16-24(43-3)17-11-21/h6-17,26-28H,4-5,18H2,1-3H3,(H,35,39). The molecule has 3 heterocycles. The van der Waals surface area contributed by atoms with Gasteiger partial charge in [0.2, 0.25) is 17.7 Å². The lowest BCUT2D eigenvalue weighted by atomic mass is 9.83. The molecule has 1 aromatic heterocycles. The highest BCUT2D eigenvalue weighted by Gasteiger charge is 2.56. The molecule has 0 spiro atoms. The first-order valence-corrected chi connectivity index (χ1v) is 17.0. The fraction of sp³-hybridized carbons (Fsp3) is 0.273. The Labute approximate surface area is 277 Å². The lowest BCUT2D eigenvalue weighted by Gasteiger charge is -2.31. The summed E-state index contributed by atoms with van der Waals surface area (Å²) in [5.41, 5.74) is 2.96. The minimum Gasteiger partial charge on any atom is -0.497 e. The van der Waals surface area contributed by atoms with E-state index >= 15 is 0 Å². The summed E-state index contributed by atoms with van der Waals surface area (Å²) in [5.74, 6) is -1.59. The number of hydrogen-bond acceptors (Lipinski definition) is 8. The molecule has 232 valence electrons. The van der Waals surface area contributed by atoms with Gasteiger partial charge in [0.25, 0.3) is 0 Å². The van der Waals surface area contributed by atoms with Crippen molar-refractivity contribution in [1.82, 2.24) is 4.57 Å². The van der Waals surface area contributed by atoms with E-state index in [1.807, 2.05) is 24.3 Å². The molecule has 0 bridgehead atoms. The Kier molecular flexibility index (Phi) is 8.89. The summed E-state index contributed by atoms with van der Waals surface area (Å²) in [4.78, 5) is 58.6. The number of anilines is 3. The predicted octanol–water partition coefficient (Wildman–Crippen LogP) is 5.96. The van der Waals surface area contributed by atoms with Gasteiger partial charge in [-0.1, -0.05) is 51.2 Å². The van der Waals surface area contributed by atoms with Gasteiger partial charge in [-0.05, 0) is 80.1 Å². The number of fused-ring (bicyclic) bond motifs is 2. The highest BCUT2D eigenvalue weighted by molar-refractivity contribution is 9.10. The van der Waals surface area contributed by atoms with E-state index in [-0.39, 0.29) is 29.1 Å². The minimum absolute atomic E-state index is 0.229. The van der Waals surface area contributed by atoms with E-state index < -0.39 is 17.1 Å². The molecule has 2 aliphatic heterocycles. The molecule has 1 fully saturated rings. The third-order valence-corrected chi connectivity index (χ3v) is 11.3. The van der Waals surface area contributed by atoms with Crippen LogP contribution in [0.2, 0.25) is 0 Å². The van der Waals surface area contributed by atoms with Crippen molar-refractivity contribution in [2.75, 3.05) is 35.3 Å². The molecule has 1 saturated heterocycles. The molecule has 3 atom stereocenters. The van der Waals surface area contributed by atoms with E-state index in [0.717, 1.165) is 40.1 Å². The number of halogens is 1. The molecule has 4 aromatic rings. The average molecular weight is 708 g/mol. The molecule has 3 unspecified atom stereocenters. The molecule has 0 radical (unpaired) electrons. The third-order valence-electron chi connectivity index (χ3n) is 8.19. The molecule has 6 rings (SSSR count). The van der Waals surface area contributed by atoms with E-state index in [4.69, 9.17) is 4.74 Å². The van der Waals surface area contributed by atoms with Gasteiger partial charge in [0.15, 0.2) is 0 Å². The Morgan fingerprint density at radius 2 is 1.60 bits per heavy atom. The van der Waals surface area contributed by atoms with Gasteiger partial charge < -0.3 is 15.0 Å². The SMILES string of the molecule is CCN(CC)c1ccc(C2c3sc(=O)n(CC(=O)Nc4ccc(OC)cc4)c3SC3C(=O)N(c4ccc(Br)cc4)C(=O)C32)cc1. The van der Waals surface area contributed by atoms with Crippen molar-refractivity contribution < 1.29 is 19.1 Å². The molecule has 3 aromatic carbocycles. The summed E-state index contributed by atoms with van der Waals surface area (Å²) in [6, 6.07) is 22.0. The number of hydrogen-bond donors (Lipinski definition) is 1. The van der Waals surface area contributed by atoms with Crippen LogP contribution in [0.25, 0.3) is 0 Å². The van der Waals surface area contributed by atoms with Crippen LogP contribution < -0.4 is 24.7 Å². The van der Waals surface area contributed by atoms with Crippen LogP contribution in [0.1, 0.15) is 30.2 Å². The number of benzene rings is 3. The zero-order chi connectivity index (χ0) is 31.8. The maximum absolute atomic E-state index is 14.1. The molecule has 0 saturated carbocycles. The van der Waals surface area contributed by atoms with Crippen LogP contribution in [-0.2, 0) is 20.9 Å². The Balaban J connectivity index is 1.39. The number of carbonyl (C=O) groups excluding carboxylic acids is 3. The maximum Gasteiger partial charge on any atom is 0.308 e. The zero-order valence-corrected chi connectivity index (χ0v) is 28.1. The van der Waals surface area contributed by atoms with Crippen LogP contribution in [0.15, 0.2) is 87.1 Å². The van der Waals surface area contributed by atoms with Crippen LogP contribution in [0, 0.1) is 5.92 Å². The van der Waals surface area contributed by atoms with E-state index in [0.29, 0.717) is 27.0 Å². The monoisotopic (exact) mass is 706 g/mol. The number of thiazole rings is 1. The highest BCUT2D eigenvalue weighted by Crippen LogP contribution is 2.54. The Bertz CT molecular complexity index is 1800. The number of nitrogens with zero attached hydrogens (tertiary/aromatic N) is 3. The van der Waals surface area contributed by atoms with E-state index in [1.165, 1.54) is 21.2 Å². The number of amides is 3. The molecule has 12 heteroatoms. The van der Waals surface area contributed by atoms with Gasteiger partial charge in [0, 0.05) is 39.7 Å². The van der Waals surface area contributed by atoms with Gasteiger partial charge in [-0.3, -0.25) is 23.7 Å². The first-order chi connectivity index (χ1) is 21.7. The number of methoxy groups -OCH3 is 1. The average Bonchev–Trinajstić information content (AvgIpc) is 3.49. The normalized spacial score (nSPS) is 18.8. The summed E-state index contributed by atoms with van der Waals surface area (Å²) < 4.78 is 7.45. The molecule has 45 heavy (non-hydrogen) atoms. The fourth-order valence-electron chi connectivity index (χ4n) is 5.96. The Morgan fingerprint density at radius 3 is 2.22 bits per heavy atom. The van der Waals surface area contributed by atoms with Gasteiger partial charge in [0.1, 0.15) is 17.5 Å². The lowest BCUT2D eigenvalue weighted by Crippen LogP contribution is -2.33. The van der Waals surface area contributed by atoms with Crippen molar-refractivity contribution in [1.29, 1.82) is 0 Å². The van der Waals surface area contributed by atoms with Crippen molar-refractivity contribution in [3.05, 3.63) is 97.4 Å².